The lowest BCUT2D eigenvalue weighted by Gasteiger charge is -2.16. The van der Waals surface area contributed by atoms with Crippen LogP contribution in [0.15, 0.2) is 0 Å². The van der Waals surface area contributed by atoms with Crippen LogP contribution in [0, 0.1) is 0 Å². The molecule has 0 atom stereocenters. The van der Waals surface area contributed by atoms with E-state index in [4.69, 9.17) is 11.6 Å². The van der Waals surface area contributed by atoms with Crippen molar-refractivity contribution in [1.82, 2.24) is 9.80 Å². The summed E-state index contributed by atoms with van der Waals surface area (Å²) in [5.74, 6) is 0.533. The summed E-state index contributed by atoms with van der Waals surface area (Å²) < 4.78 is 0. The second kappa shape index (κ2) is 4.55. The Hall–Kier alpha value is -0.440. The molecular formula is C8H15ClN2O. The molecule has 1 aliphatic heterocycles. The Morgan fingerprint density at radius 3 is 2.42 bits per heavy atom. The largest absolute Gasteiger partial charge is 0.323 e. The van der Waals surface area contributed by atoms with Gasteiger partial charge < -0.3 is 9.80 Å². The predicted octanol–water partition coefficient (Wildman–Crippen LogP) is 1.37. The molecule has 0 aromatic carbocycles. The molecule has 0 N–H and O–H groups in total. The van der Waals surface area contributed by atoms with Gasteiger partial charge in [-0.3, -0.25) is 0 Å². The Bertz CT molecular complexity index is 147. The highest BCUT2D eigenvalue weighted by atomic mass is 35.5. The third-order valence-corrected chi connectivity index (χ3v) is 2.20. The zero-order chi connectivity index (χ0) is 8.97. The van der Waals surface area contributed by atoms with Crippen LogP contribution in [0.1, 0.15) is 13.3 Å². The Morgan fingerprint density at radius 1 is 1.33 bits per heavy atom. The molecule has 1 fully saturated rings. The second-order valence-electron chi connectivity index (χ2n) is 2.95. The summed E-state index contributed by atoms with van der Waals surface area (Å²) in [7, 11) is 0. The zero-order valence-corrected chi connectivity index (χ0v) is 8.18. The molecule has 0 aromatic heterocycles. The molecule has 1 saturated heterocycles. The van der Waals surface area contributed by atoms with Gasteiger partial charge in [0, 0.05) is 32.1 Å². The summed E-state index contributed by atoms with van der Waals surface area (Å²) in [5, 5.41) is 0. The molecule has 12 heavy (non-hydrogen) atoms. The molecule has 0 saturated carbocycles. The van der Waals surface area contributed by atoms with E-state index < -0.39 is 0 Å². The van der Waals surface area contributed by atoms with Gasteiger partial charge in [-0.25, -0.2) is 4.79 Å². The van der Waals surface area contributed by atoms with Crippen molar-refractivity contribution in [1.29, 1.82) is 0 Å². The highest BCUT2D eigenvalue weighted by Gasteiger charge is 2.26. The zero-order valence-electron chi connectivity index (χ0n) is 7.42. The van der Waals surface area contributed by atoms with E-state index in [0.29, 0.717) is 12.4 Å². The molecule has 0 unspecified atom stereocenters. The first-order chi connectivity index (χ1) is 5.79. The van der Waals surface area contributed by atoms with Crippen LogP contribution in [0.5, 0.6) is 0 Å². The minimum Gasteiger partial charge on any atom is -0.323 e. The number of alkyl halides is 1. The van der Waals surface area contributed by atoms with Crippen LogP contribution in [-0.2, 0) is 0 Å². The van der Waals surface area contributed by atoms with E-state index in [9.17, 15) is 4.79 Å². The van der Waals surface area contributed by atoms with E-state index in [2.05, 4.69) is 6.92 Å². The molecule has 0 aliphatic carbocycles. The first kappa shape index (κ1) is 9.65. The minimum atomic E-state index is 0.150. The van der Waals surface area contributed by atoms with E-state index in [1.54, 1.807) is 0 Å². The van der Waals surface area contributed by atoms with Crippen molar-refractivity contribution in [2.45, 2.75) is 13.3 Å². The maximum Gasteiger partial charge on any atom is 0.320 e. The lowest BCUT2D eigenvalue weighted by Crippen LogP contribution is -2.33. The lowest BCUT2D eigenvalue weighted by atomic mass is 10.4. The number of halogens is 1. The van der Waals surface area contributed by atoms with Crippen LogP contribution in [0.3, 0.4) is 0 Å². The summed E-state index contributed by atoms with van der Waals surface area (Å²) in [5.41, 5.74) is 0. The van der Waals surface area contributed by atoms with Crippen molar-refractivity contribution in [3.8, 4) is 0 Å². The maximum atomic E-state index is 11.5. The second-order valence-corrected chi connectivity index (χ2v) is 3.32. The number of nitrogens with zero attached hydrogens (tertiary/aromatic N) is 2. The quantitative estimate of drug-likeness (QED) is 0.615. The van der Waals surface area contributed by atoms with Crippen molar-refractivity contribution in [3.05, 3.63) is 0 Å². The highest BCUT2D eigenvalue weighted by molar-refractivity contribution is 6.18. The van der Waals surface area contributed by atoms with Crippen molar-refractivity contribution in [2.75, 3.05) is 32.1 Å². The van der Waals surface area contributed by atoms with E-state index in [0.717, 1.165) is 26.1 Å². The number of carbonyl (C=O) groups excluding carboxylic acids is 1. The maximum absolute atomic E-state index is 11.5. The van der Waals surface area contributed by atoms with Crippen molar-refractivity contribution >= 4 is 17.6 Å². The van der Waals surface area contributed by atoms with Gasteiger partial charge in [0.05, 0.1) is 0 Å². The molecule has 1 aliphatic rings. The van der Waals surface area contributed by atoms with Crippen LogP contribution >= 0.6 is 11.6 Å². The Labute approximate surface area is 78.3 Å². The molecule has 1 heterocycles. The van der Waals surface area contributed by atoms with Crippen LogP contribution < -0.4 is 0 Å². The molecule has 0 bridgehead atoms. The molecular weight excluding hydrogens is 176 g/mol. The van der Waals surface area contributed by atoms with Gasteiger partial charge in [0.15, 0.2) is 0 Å². The van der Waals surface area contributed by atoms with Crippen molar-refractivity contribution in [3.63, 3.8) is 0 Å². The molecule has 70 valence electrons. The van der Waals surface area contributed by atoms with Crippen LogP contribution in [0.4, 0.5) is 4.79 Å². The summed E-state index contributed by atoms with van der Waals surface area (Å²) in [6.45, 7) is 5.34. The van der Waals surface area contributed by atoms with Crippen LogP contribution in [0.2, 0.25) is 0 Å². The van der Waals surface area contributed by atoms with Gasteiger partial charge in [0.1, 0.15) is 0 Å². The highest BCUT2D eigenvalue weighted by Crippen LogP contribution is 2.08. The fourth-order valence-electron chi connectivity index (χ4n) is 1.42. The van der Waals surface area contributed by atoms with Gasteiger partial charge >= 0.3 is 6.03 Å². The third-order valence-electron chi connectivity index (χ3n) is 2.03. The van der Waals surface area contributed by atoms with E-state index in [1.807, 2.05) is 9.80 Å². The van der Waals surface area contributed by atoms with Gasteiger partial charge in [0.25, 0.3) is 0 Å². The molecule has 1 rings (SSSR count). The number of hydrogen-bond acceptors (Lipinski definition) is 1. The van der Waals surface area contributed by atoms with Crippen LogP contribution in [0.25, 0.3) is 0 Å². The Morgan fingerprint density at radius 2 is 1.92 bits per heavy atom. The summed E-state index contributed by atoms with van der Waals surface area (Å²) in [6, 6.07) is 0.150. The van der Waals surface area contributed by atoms with E-state index >= 15 is 0 Å². The number of amides is 2. The first-order valence-electron chi connectivity index (χ1n) is 4.39. The molecule has 0 aromatic rings. The standard InChI is InChI=1S/C8H15ClN2O/c1-2-4-10-6-7-11(5-3-9)8(10)12/h2-7H2,1H3. The van der Waals surface area contributed by atoms with E-state index in [1.165, 1.54) is 0 Å². The predicted molar refractivity (Wildman–Crippen MR) is 49.6 cm³/mol. The minimum absolute atomic E-state index is 0.150. The normalized spacial score (nSPS) is 17.7. The molecule has 0 spiro atoms. The average Bonchev–Trinajstić information content (AvgIpc) is 2.38. The Kier molecular flexibility index (Phi) is 3.66. The number of urea groups is 1. The van der Waals surface area contributed by atoms with Gasteiger partial charge in [-0.2, -0.15) is 0 Å². The van der Waals surface area contributed by atoms with Gasteiger partial charge in [-0.1, -0.05) is 6.92 Å². The van der Waals surface area contributed by atoms with Crippen molar-refractivity contribution in [2.24, 2.45) is 0 Å². The monoisotopic (exact) mass is 190 g/mol. The number of rotatable bonds is 4. The smallest absolute Gasteiger partial charge is 0.320 e. The number of hydrogen-bond donors (Lipinski definition) is 0. The molecule has 3 nitrogen and oxygen atoms in total. The summed E-state index contributed by atoms with van der Waals surface area (Å²) in [6.07, 6.45) is 1.03. The van der Waals surface area contributed by atoms with Gasteiger partial charge in [-0.15, -0.1) is 11.6 Å². The SMILES string of the molecule is CCCN1CCN(CCCl)C1=O. The van der Waals surface area contributed by atoms with Crippen molar-refractivity contribution < 1.29 is 4.79 Å². The molecule has 4 heteroatoms. The lowest BCUT2D eigenvalue weighted by molar-refractivity contribution is 0.194. The number of carbonyl (C=O) groups is 1. The third kappa shape index (κ3) is 2.03. The molecule has 0 radical (unpaired) electrons. The van der Waals surface area contributed by atoms with Gasteiger partial charge in [0.2, 0.25) is 0 Å². The first-order valence-corrected chi connectivity index (χ1v) is 4.93. The average molecular weight is 191 g/mol. The summed E-state index contributed by atoms with van der Waals surface area (Å²) >= 11 is 5.56. The Balaban J connectivity index is 2.38. The van der Waals surface area contributed by atoms with Crippen LogP contribution in [-0.4, -0.2) is 47.9 Å². The summed E-state index contributed by atoms with van der Waals surface area (Å²) in [4.78, 5) is 15.2. The topological polar surface area (TPSA) is 23.6 Å². The van der Waals surface area contributed by atoms with E-state index in [-0.39, 0.29) is 6.03 Å². The van der Waals surface area contributed by atoms with Gasteiger partial charge in [-0.05, 0) is 6.42 Å². The fourth-order valence-corrected chi connectivity index (χ4v) is 1.62. The molecule has 2 amide bonds. The fraction of sp³-hybridized carbons (Fsp3) is 0.875.